The number of carbonyl (C=O) groups is 1. The minimum absolute atomic E-state index is 0.0330. The lowest BCUT2D eigenvalue weighted by molar-refractivity contribution is -0.122. The summed E-state index contributed by atoms with van der Waals surface area (Å²) in [7, 11) is 0. The third kappa shape index (κ3) is 2.88. The Morgan fingerprint density at radius 1 is 1.60 bits per heavy atom. The Labute approximate surface area is 95.8 Å². The number of amides is 1. The van der Waals surface area contributed by atoms with Gasteiger partial charge in [0, 0.05) is 24.6 Å². The average Bonchev–Trinajstić information content (AvgIpc) is 2.84. The zero-order valence-corrected chi connectivity index (χ0v) is 10.3. The number of nitrogens with one attached hydrogen (secondary N) is 2. The van der Waals surface area contributed by atoms with Crippen LogP contribution in [0.3, 0.4) is 0 Å². The second-order valence-electron chi connectivity index (χ2n) is 5.22. The molecule has 2 fully saturated rings. The number of thioether (sulfide) groups is 1. The van der Waals surface area contributed by atoms with E-state index in [4.69, 9.17) is 0 Å². The van der Waals surface area contributed by atoms with Crippen LogP contribution in [0.4, 0.5) is 0 Å². The van der Waals surface area contributed by atoms with Gasteiger partial charge in [0.15, 0.2) is 0 Å². The second kappa shape index (κ2) is 4.34. The van der Waals surface area contributed by atoms with Crippen molar-refractivity contribution in [2.45, 2.75) is 26.3 Å². The highest BCUT2D eigenvalue weighted by atomic mass is 32.2. The van der Waals surface area contributed by atoms with Crippen LogP contribution < -0.4 is 10.6 Å². The molecular formula is C11H20N2OS. The van der Waals surface area contributed by atoms with Gasteiger partial charge in [-0.2, -0.15) is 11.8 Å². The maximum atomic E-state index is 11.8. The van der Waals surface area contributed by atoms with E-state index in [-0.39, 0.29) is 11.9 Å². The maximum Gasteiger partial charge on any atom is 0.238 e. The van der Waals surface area contributed by atoms with Crippen molar-refractivity contribution in [1.82, 2.24) is 10.6 Å². The van der Waals surface area contributed by atoms with E-state index in [0.29, 0.717) is 11.3 Å². The Bertz CT molecular complexity index is 249. The van der Waals surface area contributed by atoms with Crippen molar-refractivity contribution in [2.75, 3.05) is 24.6 Å². The molecule has 1 saturated heterocycles. The molecule has 0 aromatic heterocycles. The first kappa shape index (κ1) is 11.3. The predicted octanol–water partition coefficient (Wildman–Crippen LogP) is 0.854. The van der Waals surface area contributed by atoms with Crippen LogP contribution in [0, 0.1) is 11.3 Å². The SMILES string of the molecule is CC1(C)CC1CNC(=O)C1CSCCN1. The number of rotatable bonds is 3. The molecule has 1 aliphatic heterocycles. The van der Waals surface area contributed by atoms with Crippen molar-refractivity contribution in [2.24, 2.45) is 11.3 Å². The normalized spacial score (nSPS) is 33.5. The number of hydrogen-bond acceptors (Lipinski definition) is 3. The van der Waals surface area contributed by atoms with Crippen LogP contribution in [0.15, 0.2) is 0 Å². The highest BCUT2D eigenvalue weighted by Gasteiger charge is 2.45. The van der Waals surface area contributed by atoms with Gasteiger partial charge in [-0.3, -0.25) is 4.79 Å². The summed E-state index contributed by atoms with van der Waals surface area (Å²) < 4.78 is 0. The van der Waals surface area contributed by atoms with Crippen LogP contribution >= 0.6 is 11.8 Å². The lowest BCUT2D eigenvalue weighted by Crippen LogP contribution is -2.49. The third-order valence-corrected chi connectivity index (χ3v) is 4.54. The molecule has 2 rings (SSSR count). The van der Waals surface area contributed by atoms with Gasteiger partial charge in [-0.1, -0.05) is 13.8 Å². The molecule has 3 nitrogen and oxygen atoms in total. The quantitative estimate of drug-likeness (QED) is 0.752. The largest absolute Gasteiger partial charge is 0.354 e. The van der Waals surface area contributed by atoms with Crippen molar-refractivity contribution >= 4 is 17.7 Å². The highest BCUT2D eigenvalue weighted by molar-refractivity contribution is 7.99. The lowest BCUT2D eigenvalue weighted by atomic mass is 10.1. The van der Waals surface area contributed by atoms with Crippen LogP contribution in [-0.2, 0) is 4.79 Å². The van der Waals surface area contributed by atoms with Crippen LogP contribution in [0.2, 0.25) is 0 Å². The first-order chi connectivity index (χ1) is 7.09. The van der Waals surface area contributed by atoms with E-state index < -0.39 is 0 Å². The molecule has 1 heterocycles. The molecule has 0 spiro atoms. The number of carbonyl (C=O) groups excluding carboxylic acids is 1. The van der Waals surface area contributed by atoms with E-state index in [0.717, 1.165) is 24.6 Å². The molecule has 2 N–H and O–H groups in total. The lowest BCUT2D eigenvalue weighted by Gasteiger charge is -2.22. The molecule has 2 unspecified atom stereocenters. The van der Waals surface area contributed by atoms with Crippen molar-refractivity contribution in [3.05, 3.63) is 0 Å². The monoisotopic (exact) mass is 228 g/mol. The van der Waals surface area contributed by atoms with Gasteiger partial charge in [-0.25, -0.2) is 0 Å². The topological polar surface area (TPSA) is 41.1 Å². The molecule has 4 heteroatoms. The zero-order valence-electron chi connectivity index (χ0n) is 9.51. The fraction of sp³-hybridized carbons (Fsp3) is 0.909. The summed E-state index contributed by atoms with van der Waals surface area (Å²) in [6, 6.07) is 0.0330. The Balaban J connectivity index is 1.68. The summed E-state index contributed by atoms with van der Waals surface area (Å²) in [5.41, 5.74) is 0.460. The number of hydrogen-bond donors (Lipinski definition) is 2. The van der Waals surface area contributed by atoms with E-state index in [9.17, 15) is 4.79 Å². The minimum atomic E-state index is 0.0330. The third-order valence-electron chi connectivity index (χ3n) is 3.48. The second-order valence-corrected chi connectivity index (χ2v) is 6.37. The Morgan fingerprint density at radius 2 is 2.33 bits per heavy atom. The van der Waals surface area contributed by atoms with Crippen molar-refractivity contribution in [3.63, 3.8) is 0 Å². The van der Waals surface area contributed by atoms with Gasteiger partial charge < -0.3 is 10.6 Å². The van der Waals surface area contributed by atoms with Crippen molar-refractivity contribution in [1.29, 1.82) is 0 Å². The van der Waals surface area contributed by atoms with E-state index in [1.165, 1.54) is 6.42 Å². The van der Waals surface area contributed by atoms with Crippen LogP contribution in [0.1, 0.15) is 20.3 Å². The van der Waals surface area contributed by atoms with Gasteiger partial charge in [0.05, 0.1) is 6.04 Å². The molecule has 0 aromatic carbocycles. The van der Waals surface area contributed by atoms with Gasteiger partial charge in [-0.05, 0) is 17.8 Å². The highest BCUT2D eigenvalue weighted by Crippen LogP contribution is 2.50. The molecule has 0 aromatic rings. The first-order valence-corrected chi connectivity index (χ1v) is 6.84. The molecule has 15 heavy (non-hydrogen) atoms. The van der Waals surface area contributed by atoms with Crippen LogP contribution in [0.5, 0.6) is 0 Å². The average molecular weight is 228 g/mol. The summed E-state index contributed by atoms with van der Waals surface area (Å²) in [4.78, 5) is 11.8. The van der Waals surface area contributed by atoms with Crippen LogP contribution in [0.25, 0.3) is 0 Å². The summed E-state index contributed by atoms with van der Waals surface area (Å²) in [6.45, 7) is 6.34. The maximum absolute atomic E-state index is 11.8. The fourth-order valence-corrected chi connectivity index (χ4v) is 2.94. The zero-order chi connectivity index (χ0) is 10.9. The van der Waals surface area contributed by atoms with Gasteiger partial charge >= 0.3 is 0 Å². The molecule has 2 aliphatic rings. The van der Waals surface area contributed by atoms with E-state index in [1.807, 2.05) is 11.8 Å². The molecule has 0 radical (unpaired) electrons. The van der Waals surface area contributed by atoms with Crippen molar-refractivity contribution in [3.8, 4) is 0 Å². The van der Waals surface area contributed by atoms with Gasteiger partial charge in [0.25, 0.3) is 0 Å². The minimum Gasteiger partial charge on any atom is -0.354 e. The Hall–Kier alpha value is -0.220. The Kier molecular flexibility index (Phi) is 3.26. The molecule has 1 aliphatic carbocycles. The van der Waals surface area contributed by atoms with Gasteiger partial charge in [0.2, 0.25) is 5.91 Å². The van der Waals surface area contributed by atoms with Gasteiger partial charge in [0.1, 0.15) is 0 Å². The Morgan fingerprint density at radius 3 is 2.87 bits per heavy atom. The first-order valence-electron chi connectivity index (χ1n) is 5.68. The molecule has 2 atom stereocenters. The predicted molar refractivity (Wildman–Crippen MR) is 64.0 cm³/mol. The molecular weight excluding hydrogens is 208 g/mol. The van der Waals surface area contributed by atoms with Crippen LogP contribution in [-0.4, -0.2) is 36.5 Å². The molecule has 0 bridgehead atoms. The summed E-state index contributed by atoms with van der Waals surface area (Å²) >= 11 is 1.86. The molecule has 86 valence electrons. The summed E-state index contributed by atoms with van der Waals surface area (Å²) in [5.74, 6) is 2.92. The summed E-state index contributed by atoms with van der Waals surface area (Å²) in [6.07, 6.45) is 1.25. The van der Waals surface area contributed by atoms with Crippen molar-refractivity contribution < 1.29 is 4.79 Å². The molecule has 1 saturated carbocycles. The smallest absolute Gasteiger partial charge is 0.238 e. The molecule has 1 amide bonds. The van der Waals surface area contributed by atoms with E-state index in [1.54, 1.807) is 0 Å². The van der Waals surface area contributed by atoms with E-state index >= 15 is 0 Å². The van der Waals surface area contributed by atoms with Gasteiger partial charge in [-0.15, -0.1) is 0 Å². The van der Waals surface area contributed by atoms with E-state index in [2.05, 4.69) is 24.5 Å². The standard InChI is InChI=1S/C11H20N2OS/c1-11(2)5-8(11)6-13-10(14)9-7-15-4-3-12-9/h8-9,12H,3-7H2,1-2H3,(H,13,14). The fourth-order valence-electron chi connectivity index (χ4n) is 2.01. The summed E-state index contributed by atoms with van der Waals surface area (Å²) in [5, 5.41) is 6.31.